The average Bonchev–Trinajstić information content (AvgIpc) is 3.18. The van der Waals surface area contributed by atoms with Gasteiger partial charge in [0.1, 0.15) is 18.0 Å². The maximum Gasteiger partial charge on any atom is 0.337 e. The molecule has 0 saturated carbocycles. The van der Waals surface area contributed by atoms with Crippen LogP contribution >= 0.6 is 0 Å². The fourth-order valence-corrected chi connectivity index (χ4v) is 4.11. The number of nitrogens with zero attached hydrogens (tertiary/aromatic N) is 1. The van der Waals surface area contributed by atoms with Crippen molar-refractivity contribution < 1.29 is 33.4 Å². The lowest BCUT2D eigenvalue weighted by Crippen LogP contribution is -2.45. The van der Waals surface area contributed by atoms with Gasteiger partial charge in [0.15, 0.2) is 5.54 Å². The summed E-state index contributed by atoms with van der Waals surface area (Å²) in [5, 5.41) is 5.43. The Hall–Kier alpha value is -4.86. The maximum absolute atomic E-state index is 13.8. The third kappa shape index (κ3) is 4.81. The van der Waals surface area contributed by atoms with Crippen molar-refractivity contribution in [3.63, 3.8) is 0 Å². The summed E-state index contributed by atoms with van der Waals surface area (Å²) in [6.45, 7) is -0.516. The second-order valence-electron chi connectivity index (χ2n) is 8.15. The van der Waals surface area contributed by atoms with Gasteiger partial charge in [-0.25, -0.2) is 9.59 Å². The van der Waals surface area contributed by atoms with Crippen molar-refractivity contribution in [3.05, 3.63) is 89.5 Å². The van der Waals surface area contributed by atoms with Crippen LogP contribution in [0.25, 0.3) is 0 Å². The van der Waals surface area contributed by atoms with Crippen LogP contribution in [0.15, 0.2) is 72.8 Å². The zero-order valence-electron chi connectivity index (χ0n) is 20.4. The molecule has 0 bridgehead atoms. The molecule has 1 fully saturated rings. The molecule has 4 rings (SSSR count). The minimum absolute atomic E-state index is 0.318. The predicted molar refractivity (Wildman–Crippen MR) is 133 cm³/mol. The predicted octanol–water partition coefficient (Wildman–Crippen LogP) is 2.92. The van der Waals surface area contributed by atoms with E-state index in [1.165, 1.54) is 45.6 Å². The van der Waals surface area contributed by atoms with Gasteiger partial charge in [-0.1, -0.05) is 24.3 Å². The lowest BCUT2D eigenvalue weighted by molar-refractivity contribution is -0.133. The van der Waals surface area contributed by atoms with Gasteiger partial charge in [0.25, 0.3) is 5.91 Å². The number of hydrogen-bond acceptors (Lipinski definition) is 7. The van der Waals surface area contributed by atoms with Crippen LogP contribution in [0.5, 0.6) is 11.5 Å². The molecule has 3 aromatic rings. The Bertz CT molecular complexity index is 1270. The molecule has 4 amide bonds. The molecule has 0 atom stereocenters. The topological polar surface area (TPSA) is 123 Å². The second kappa shape index (κ2) is 10.4. The standard InChI is InChI=1S/C27H25N3O7/c1-35-21-12-6-18(7-13-21)27(19-8-14-22(36-2)15-9-19)25(33)30(26(34)29-27)16-23(31)28-20-10-4-17(5-11-20)24(32)37-3/h4-15H,16H2,1-3H3,(H,28,31)(H,29,34). The highest BCUT2D eigenvalue weighted by molar-refractivity contribution is 6.12. The molecule has 0 spiro atoms. The minimum atomic E-state index is -1.56. The lowest BCUT2D eigenvalue weighted by atomic mass is 9.82. The minimum Gasteiger partial charge on any atom is -0.497 e. The molecule has 0 unspecified atom stereocenters. The van der Waals surface area contributed by atoms with Crippen LogP contribution in [0.1, 0.15) is 21.5 Å². The van der Waals surface area contributed by atoms with Crippen LogP contribution in [0.2, 0.25) is 0 Å². The summed E-state index contributed by atoms with van der Waals surface area (Å²) in [5.74, 6) is -0.538. The number of methoxy groups -OCH3 is 3. The second-order valence-corrected chi connectivity index (χ2v) is 8.15. The Balaban J connectivity index is 1.61. The van der Waals surface area contributed by atoms with Gasteiger partial charge >= 0.3 is 12.0 Å². The van der Waals surface area contributed by atoms with Crippen molar-refractivity contribution in [2.75, 3.05) is 33.2 Å². The SMILES string of the molecule is COC(=O)c1ccc(NC(=O)CN2C(=O)NC(c3ccc(OC)cc3)(c3ccc(OC)cc3)C2=O)cc1. The Labute approximate surface area is 213 Å². The molecule has 3 aromatic carbocycles. The highest BCUT2D eigenvalue weighted by atomic mass is 16.5. The van der Waals surface area contributed by atoms with Crippen LogP contribution in [0.3, 0.4) is 0 Å². The summed E-state index contributed by atoms with van der Waals surface area (Å²) in [7, 11) is 4.33. The van der Waals surface area contributed by atoms with Crippen LogP contribution in [0, 0.1) is 0 Å². The van der Waals surface area contributed by atoms with E-state index in [9.17, 15) is 19.2 Å². The van der Waals surface area contributed by atoms with Crippen LogP contribution < -0.4 is 20.1 Å². The molecule has 1 heterocycles. The average molecular weight is 504 g/mol. The van der Waals surface area contributed by atoms with E-state index in [0.717, 1.165) is 4.90 Å². The number of nitrogens with one attached hydrogen (secondary N) is 2. The van der Waals surface area contributed by atoms with E-state index >= 15 is 0 Å². The summed E-state index contributed by atoms with van der Waals surface area (Å²) in [6, 6.07) is 18.8. The molecule has 10 heteroatoms. The normalized spacial score (nSPS) is 14.1. The summed E-state index contributed by atoms with van der Waals surface area (Å²) in [5.41, 5.74) is 0.147. The van der Waals surface area contributed by atoms with E-state index in [-0.39, 0.29) is 0 Å². The number of urea groups is 1. The third-order valence-corrected chi connectivity index (χ3v) is 6.04. The first-order chi connectivity index (χ1) is 17.8. The first-order valence-electron chi connectivity index (χ1n) is 11.2. The van der Waals surface area contributed by atoms with Crippen LogP contribution in [0.4, 0.5) is 10.5 Å². The number of rotatable bonds is 8. The molecule has 0 radical (unpaired) electrons. The highest BCUT2D eigenvalue weighted by Crippen LogP contribution is 2.37. The highest BCUT2D eigenvalue weighted by Gasteiger charge is 2.54. The molecule has 0 aliphatic carbocycles. The van der Waals surface area contributed by atoms with E-state index in [2.05, 4.69) is 15.4 Å². The van der Waals surface area contributed by atoms with E-state index in [0.29, 0.717) is 33.9 Å². The van der Waals surface area contributed by atoms with Crippen molar-refractivity contribution >= 4 is 29.5 Å². The molecular formula is C27H25N3O7. The van der Waals surface area contributed by atoms with E-state index < -0.39 is 35.9 Å². The molecule has 0 aromatic heterocycles. The van der Waals surface area contributed by atoms with Gasteiger partial charge in [0.05, 0.1) is 26.9 Å². The Morgan fingerprint density at radius 1 is 0.811 bits per heavy atom. The van der Waals surface area contributed by atoms with Gasteiger partial charge in [0.2, 0.25) is 5.91 Å². The van der Waals surface area contributed by atoms with Gasteiger partial charge in [-0.3, -0.25) is 14.5 Å². The smallest absolute Gasteiger partial charge is 0.337 e. The van der Waals surface area contributed by atoms with Gasteiger partial charge in [-0.2, -0.15) is 0 Å². The summed E-state index contributed by atoms with van der Waals surface area (Å²) in [6.07, 6.45) is 0. The molecule has 190 valence electrons. The lowest BCUT2D eigenvalue weighted by Gasteiger charge is -2.28. The number of carbonyl (C=O) groups is 4. The fourth-order valence-electron chi connectivity index (χ4n) is 4.11. The van der Waals surface area contributed by atoms with E-state index in [1.807, 2.05) is 0 Å². The number of imide groups is 1. The molecular weight excluding hydrogens is 478 g/mol. The molecule has 10 nitrogen and oxygen atoms in total. The number of esters is 1. The quantitative estimate of drug-likeness (QED) is 0.358. The van der Waals surface area contributed by atoms with Crippen molar-refractivity contribution in [1.82, 2.24) is 10.2 Å². The van der Waals surface area contributed by atoms with E-state index in [4.69, 9.17) is 9.47 Å². The molecule has 1 aliphatic rings. The van der Waals surface area contributed by atoms with Crippen LogP contribution in [-0.4, -0.2) is 56.6 Å². The number of amides is 4. The summed E-state index contributed by atoms with van der Waals surface area (Å²) in [4.78, 5) is 52.1. The number of anilines is 1. The van der Waals surface area contributed by atoms with Gasteiger partial charge in [-0.05, 0) is 59.7 Å². The first-order valence-corrected chi connectivity index (χ1v) is 11.2. The van der Waals surface area contributed by atoms with Crippen molar-refractivity contribution in [2.45, 2.75) is 5.54 Å². The number of ether oxygens (including phenoxy) is 3. The Morgan fingerprint density at radius 2 is 1.32 bits per heavy atom. The fraction of sp³-hybridized carbons (Fsp3) is 0.185. The zero-order chi connectivity index (χ0) is 26.6. The molecule has 37 heavy (non-hydrogen) atoms. The largest absolute Gasteiger partial charge is 0.497 e. The van der Waals surface area contributed by atoms with Gasteiger partial charge < -0.3 is 24.8 Å². The van der Waals surface area contributed by atoms with Crippen molar-refractivity contribution in [2.24, 2.45) is 0 Å². The van der Waals surface area contributed by atoms with Crippen molar-refractivity contribution in [1.29, 1.82) is 0 Å². The molecule has 1 aliphatic heterocycles. The maximum atomic E-state index is 13.8. The molecule has 2 N–H and O–H groups in total. The summed E-state index contributed by atoms with van der Waals surface area (Å²) < 4.78 is 15.1. The zero-order valence-corrected chi connectivity index (χ0v) is 20.4. The number of benzene rings is 3. The summed E-state index contributed by atoms with van der Waals surface area (Å²) >= 11 is 0. The number of carbonyl (C=O) groups excluding carboxylic acids is 4. The monoisotopic (exact) mass is 503 g/mol. The van der Waals surface area contributed by atoms with E-state index in [1.54, 1.807) is 48.5 Å². The third-order valence-electron chi connectivity index (χ3n) is 6.04. The van der Waals surface area contributed by atoms with Gasteiger partial charge in [-0.15, -0.1) is 0 Å². The first kappa shape index (κ1) is 25.2. The number of hydrogen-bond donors (Lipinski definition) is 2. The van der Waals surface area contributed by atoms with Crippen molar-refractivity contribution in [3.8, 4) is 11.5 Å². The Kier molecular flexibility index (Phi) is 7.10. The Morgan fingerprint density at radius 3 is 1.78 bits per heavy atom. The molecule has 1 saturated heterocycles. The van der Waals surface area contributed by atoms with Crippen LogP contribution in [-0.2, 0) is 19.9 Å². The van der Waals surface area contributed by atoms with Gasteiger partial charge in [0, 0.05) is 5.69 Å².